The normalized spacial score (nSPS) is 14.2. The second kappa shape index (κ2) is 5.77. The van der Waals surface area contributed by atoms with E-state index in [-0.39, 0.29) is 0 Å². The van der Waals surface area contributed by atoms with Crippen LogP contribution in [0.3, 0.4) is 0 Å². The molecule has 1 fully saturated rings. The van der Waals surface area contributed by atoms with Crippen molar-refractivity contribution in [3.63, 3.8) is 0 Å². The maximum absolute atomic E-state index is 5.48. The fourth-order valence-corrected chi connectivity index (χ4v) is 2.43. The lowest BCUT2D eigenvalue weighted by atomic mass is 10.1. The Labute approximate surface area is 124 Å². The largest absolute Gasteiger partial charge is 0.497 e. The molecule has 1 aromatic heterocycles. The first-order chi connectivity index (χ1) is 10.2. The van der Waals surface area contributed by atoms with Crippen molar-refractivity contribution in [3.8, 4) is 22.8 Å². The number of benzene rings is 1. The van der Waals surface area contributed by atoms with E-state index in [1.54, 1.807) is 14.2 Å². The molecule has 1 aromatic carbocycles. The number of nitrogens with one attached hydrogen (secondary N) is 1. The average molecular weight is 287 g/mol. The van der Waals surface area contributed by atoms with E-state index >= 15 is 0 Å². The van der Waals surface area contributed by atoms with Crippen LogP contribution in [0.1, 0.15) is 18.4 Å². The van der Waals surface area contributed by atoms with Gasteiger partial charge < -0.3 is 14.8 Å². The molecule has 0 radical (unpaired) electrons. The maximum Gasteiger partial charge on any atom is 0.128 e. The Bertz CT molecular complexity index is 632. The number of hydrogen-bond donors (Lipinski definition) is 1. The Morgan fingerprint density at radius 1 is 1.29 bits per heavy atom. The third kappa shape index (κ3) is 3.03. The van der Waals surface area contributed by atoms with Gasteiger partial charge in [-0.3, -0.25) is 4.68 Å². The molecule has 112 valence electrons. The zero-order chi connectivity index (χ0) is 14.8. The van der Waals surface area contributed by atoms with E-state index in [0.717, 1.165) is 29.3 Å². The number of aryl methyl sites for hydroxylation is 1. The molecule has 1 aliphatic rings. The highest BCUT2D eigenvalue weighted by molar-refractivity contribution is 5.71. The first-order valence-electron chi connectivity index (χ1n) is 7.19. The molecule has 1 saturated carbocycles. The number of methoxy groups -OCH3 is 2. The van der Waals surface area contributed by atoms with E-state index in [2.05, 4.69) is 16.6 Å². The molecule has 21 heavy (non-hydrogen) atoms. The third-order valence-electron chi connectivity index (χ3n) is 3.72. The molecule has 1 aliphatic carbocycles. The van der Waals surface area contributed by atoms with Crippen LogP contribution in [0.2, 0.25) is 0 Å². The molecule has 2 aromatic rings. The van der Waals surface area contributed by atoms with Crippen molar-refractivity contribution in [1.29, 1.82) is 0 Å². The van der Waals surface area contributed by atoms with Gasteiger partial charge in [0.05, 0.1) is 14.2 Å². The van der Waals surface area contributed by atoms with Crippen LogP contribution in [-0.2, 0) is 13.6 Å². The Morgan fingerprint density at radius 2 is 2.10 bits per heavy atom. The second-order valence-electron chi connectivity index (χ2n) is 5.40. The molecule has 0 spiro atoms. The SMILES string of the molecule is COc1ccc(OC)c(-c2nn(C)cc2CNC2CC2)c1. The van der Waals surface area contributed by atoms with Crippen molar-refractivity contribution in [2.45, 2.75) is 25.4 Å². The molecule has 3 rings (SSSR count). The summed E-state index contributed by atoms with van der Waals surface area (Å²) in [6.45, 7) is 0.828. The summed E-state index contributed by atoms with van der Waals surface area (Å²) in [5.74, 6) is 1.61. The third-order valence-corrected chi connectivity index (χ3v) is 3.72. The predicted molar refractivity (Wildman–Crippen MR) is 81.6 cm³/mol. The Morgan fingerprint density at radius 3 is 2.76 bits per heavy atom. The molecule has 1 heterocycles. The van der Waals surface area contributed by atoms with Crippen LogP contribution in [0.15, 0.2) is 24.4 Å². The monoisotopic (exact) mass is 287 g/mol. The minimum atomic E-state index is 0.672. The summed E-state index contributed by atoms with van der Waals surface area (Å²) in [6, 6.07) is 6.46. The van der Waals surface area contributed by atoms with Gasteiger partial charge in [-0.2, -0.15) is 5.10 Å². The van der Waals surface area contributed by atoms with Crippen molar-refractivity contribution >= 4 is 0 Å². The van der Waals surface area contributed by atoms with E-state index < -0.39 is 0 Å². The fourth-order valence-electron chi connectivity index (χ4n) is 2.43. The van der Waals surface area contributed by atoms with Gasteiger partial charge in [-0.15, -0.1) is 0 Å². The van der Waals surface area contributed by atoms with Gasteiger partial charge in [-0.25, -0.2) is 0 Å². The lowest BCUT2D eigenvalue weighted by Crippen LogP contribution is -2.15. The predicted octanol–water partition coefficient (Wildman–Crippen LogP) is 2.36. The molecular formula is C16H21N3O2. The molecule has 0 unspecified atom stereocenters. The lowest BCUT2D eigenvalue weighted by Gasteiger charge is -2.10. The Balaban J connectivity index is 1.97. The molecule has 5 heteroatoms. The molecule has 0 amide bonds. The van der Waals surface area contributed by atoms with Crippen LogP contribution >= 0.6 is 0 Å². The van der Waals surface area contributed by atoms with E-state index in [9.17, 15) is 0 Å². The number of ether oxygens (including phenoxy) is 2. The summed E-state index contributed by atoms with van der Waals surface area (Å²) >= 11 is 0. The van der Waals surface area contributed by atoms with Gasteiger partial charge in [-0.1, -0.05) is 0 Å². The van der Waals surface area contributed by atoms with Crippen LogP contribution in [0.5, 0.6) is 11.5 Å². The molecule has 0 bridgehead atoms. The van der Waals surface area contributed by atoms with Crippen LogP contribution in [0, 0.1) is 0 Å². The number of nitrogens with zero attached hydrogens (tertiary/aromatic N) is 2. The van der Waals surface area contributed by atoms with Crippen molar-refractivity contribution in [3.05, 3.63) is 30.0 Å². The van der Waals surface area contributed by atoms with Gasteiger partial charge in [-0.05, 0) is 31.0 Å². The van der Waals surface area contributed by atoms with E-state index in [0.29, 0.717) is 6.04 Å². The summed E-state index contributed by atoms with van der Waals surface area (Å²) in [5.41, 5.74) is 3.09. The molecule has 0 saturated heterocycles. The van der Waals surface area contributed by atoms with Crippen molar-refractivity contribution in [2.24, 2.45) is 7.05 Å². The first-order valence-corrected chi connectivity index (χ1v) is 7.19. The van der Waals surface area contributed by atoms with Gasteiger partial charge in [0, 0.05) is 37.0 Å². The highest BCUT2D eigenvalue weighted by Crippen LogP contribution is 2.34. The second-order valence-corrected chi connectivity index (χ2v) is 5.40. The zero-order valence-corrected chi connectivity index (χ0v) is 12.7. The highest BCUT2D eigenvalue weighted by Gasteiger charge is 2.22. The van der Waals surface area contributed by atoms with Gasteiger partial charge in [0.2, 0.25) is 0 Å². The van der Waals surface area contributed by atoms with Gasteiger partial charge in [0.25, 0.3) is 0 Å². The minimum Gasteiger partial charge on any atom is -0.497 e. The summed E-state index contributed by atoms with van der Waals surface area (Å²) in [4.78, 5) is 0. The summed E-state index contributed by atoms with van der Waals surface area (Å²) in [6.07, 6.45) is 4.61. The molecular weight excluding hydrogens is 266 g/mol. The van der Waals surface area contributed by atoms with Gasteiger partial charge >= 0.3 is 0 Å². The number of hydrogen-bond acceptors (Lipinski definition) is 4. The lowest BCUT2D eigenvalue weighted by molar-refractivity contribution is 0.404. The van der Waals surface area contributed by atoms with E-state index in [1.165, 1.54) is 18.4 Å². The fraction of sp³-hybridized carbons (Fsp3) is 0.438. The van der Waals surface area contributed by atoms with Gasteiger partial charge in [0.15, 0.2) is 0 Å². The standard InChI is InChI=1S/C16H21N3O2/c1-19-10-11(9-17-12-4-5-12)16(18-19)14-8-13(20-2)6-7-15(14)21-3/h6-8,10,12,17H,4-5,9H2,1-3H3. The Hall–Kier alpha value is -2.01. The zero-order valence-electron chi connectivity index (χ0n) is 12.7. The van der Waals surface area contributed by atoms with Crippen molar-refractivity contribution in [1.82, 2.24) is 15.1 Å². The van der Waals surface area contributed by atoms with Crippen LogP contribution in [0.25, 0.3) is 11.3 Å². The average Bonchev–Trinajstić information content (AvgIpc) is 3.26. The first kappa shape index (κ1) is 13.9. The molecule has 0 atom stereocenters. The minimum absolute atomic E-state index is 0.672. The van der Waals surface area contributed by atoms with E-state index in [1.807, 2.05) is 29.9 Å². The van der Waals surface area contributed by atoms with Gasteiger partial charge in [0.1, 0.15) is 17.2 Å². The van der Waals surface area contributed by atoms with Crippen molar-refractivity contribution in [2.75, 3.05) is 14.2 Å². The van der Waals surface area contributed by atoms with Crippen LogP contribution < -0.4 is 14.8 Å². The summed E-state index contributed by atoms with van der Waals surface area (Å²) in [5, 5.41) is 8.14. The topological polar surface area (TPSA) is 48.3 Å². The molecule has 0 aliphatic heterocycles. The van der Waals surface area contributed by atoms with Crippen LogP contribution in [-0.4, -0.2) is 30.0 Å². The van der Waals surface area contributed by atoms with Crippen LogP contribution in [0.4, 0.5) is 0 Å². The Kier molecular flexibility index (Phi) is 3.84. The number of rotatable bonds is 6. The summed E-state index contributed by atoms with van der Waals surface area (Å²) < 4.78 is 12.6. The quantitative estimate of drug-likeness (QED) is 0.886. The molecule has 5 nitrogen and oxygen atoms in total. The van der Waals surface area contributed by atoms with E-state index in [4.69, 9.17) is 9.47 Å². The summed E-state index contributed by atoms with van der Waals surface area (Å²) in [7, 11) is 5.28. The maximum atomic E-state index is 5.48. The highest BCUT2D eigenvalue weighted by atomic mass is 16.5. The number of aromatic nitrogens is 2. The smallest absolute Gasteiger partial charge is 0.128 e. The van der Waals surface area contributed by atoms with Crippen molar-refractivity contribution < 1.29 is 9.47 Å². The molecule has 1 N–H and O–H groups in total.